The number of fused-ring (bicyclic) bond motifs is 2. The van der Waals surface area contributed by atoms with Gasteiger partial charge in [0.05, 0.1) is 41.8 Å². The average Bonchev–Trinajstić information content (AvgIpc) is 3.44. The molecule has 0 N–H and O–H groups in total. The second-order valence-electron chi connectivity index (χ2n) is 7.68. The fraction of sp³-hybridized carbons (Fsp3) is 0.333. The summed E-state index contributed by atoms with van der Waals surface area (Å²) in [6.45, 7) is 0.567. The first-order valence-electron chi connectivity index (χ1n) is 9.67. The molecule has 1 saturated carbocycles. The van der Waals surface area contributed by atoms with E-state index in [0.717, 1.165) is 17.7 Å². The molecule has 1 fully saturated rings. The van der Waals surface area contributed by atoms with Gasteiger partial charge in [-0.1, -0.05) is 12.1 Å². The number of rotatable bonds is 5. The molecule has 1 aliphatic carbocycles. The topological polar surface area (TPSA) is 75.5 Å². The van der Waals surface area contributed by atoms with E-state index in [0.29, 0.717) is 47.7 Å². The maximum atomic E-state index is 13.6. The molecule has 0 saturated heterocycles. The molecule has 0 atom stereocenters. The normalized spacial score (nSPS) is 19.1. The molecule has 0 bridgehead atoms. The van der Waals surface area contributed by atoms with Crippen LogP contribution in [0.25, 0.3) is 0 Å². The van der Waals surface area contributed by atoms with Crippen molar-refractivity contribution < 1.29 is 18.8 Å². The van der Waals surface area contributed by atoms with Gasteiger partial charge in [0, 0.05) is 25.2 Å². The highest BCUT2D eigenvalue weighted by Gasteiger charge is 2.38. The molecular weight excluding hydrogens is 375 g/mol. The molecule has 2 aromatic rings. The van der Waals surface area contributed by atoms with E-state index < -0.39 is 11.8 Å². The molecular formula is C21H19FN4O3. The molecule has 7 nitrogen and oxygen atoms in total. The van der Waals surface area contributed by atoms with Crippen LogP contribution in [-0.4, -0.2) is 56.4 Å². The number of nitrogens with zero attached hydrogens (tertiary/aromatic N) is 4. The Hall–Kier alpha value is -3.29. The summed E-state index contributed by atoms with van der Waals surface area (Å²) in [5.74, 6) is -0.883. The highest BCUT2D eigenvalue weighted by molar-refractivity contribution is 6.21. The van der Waals surface area contributed by atoms with Gasteiger partial charge in [-0.3, -0.25) is 24.0 Å². The van der Waals surface area contributed by atoms with Gasteiger partial charge in [0.2, 0.25) is 0 Å². The minimum atomic E-state index is -0.431. The summed E-state index contributed by atoms with van der Waals surface area (Å²) in [6.07, 6.45) is 4.81. The van der Waals surface area contributed by atoms with Gasteiger partial charge in [0.25, 0.3) is 17.7 Å². The third-order valence-corrected chi connectivity index (χ3v) is 5.67. The van der Waals surface area contributed by atoms with Gasteiger partial charge in [0.15, 0.2) is 0 Å². The van der Waals surface area contributed by atoms with E-state index in [4.69, 9.17) is 0 Å². The zero-order valence-corrected chi connectivity index (χ0v) is 15.7. The second-order valence-corrected chi connectivity index (χ2v) is 7.68. The van der Waals surface area contributed by atoms with Crippen LogP contribution in [-0.2, 0) is 13.0 Å². The Morgan fingerprint density at radius 1 is 1.03 bits per heavy atom. The van der Waals surface area contributed by atoms with E-state index in [9.17, 15) is 18.8 Å². The molecule has 0 radical (unpaired) electrons. The van der Waals surface area contributed by atoms with Gasteiger partial charge < -0.3 is 4.90 Å². The van der Waals surface area contributed by atoms with Crippen LogP contribution in [0.4, 0.5) is 4.39 Å². The van der Waals surface area contributed by atoms with Crippen molar-refractivity contribution in [3.8, 4) is 0 Å². The molecule has 0 unspecified atom stereocenters. The molecule has 8 heteroatoms. The number of hydrogen-bond acceptors (Lipinski definition) is 4. The van der Waals surface area contributed by atoms with Gasteiger partial charge >= 0.3 is 0 Å². The Bertz CT molecular complexity index is 1030. The summed E-state index contributed by atoms with van der Waals surface area (Å²) in [7, 11) is 0. The average molecular weight is 394 g/mol. The molecule has 29 heavy (non-hydrogen) atoms. The fourth-order valence-corrected chi connectivity index (χ4v) is 4.04. The van der Waals surface area contributed by atoms with Gasteiger partial charge in [0.1, 0.15) is 0 Å². The van der Waals surface area contributed by atoms with Crippen molar-refractivity contribution in [3.05, 3.63) is 64.7 Å². The third-order valence-electron chi connectivity index (χ3n) is 5.67. The number of hydrogen-bond donors (Lipinski definition) is 0. The Balaban J connectivity index is 1.32. The van der Waals surface area contributed by atoms with Crippen LogP contribution in [0.1, 0.15) is 49.6 Å². The number of imide groups is 1. The van der Waals surface area contributed by atoms with Crippen molar-refractivity contribution >= 4 is 17.7 Å². The number of halogens is 1. The number of aromatic nitrogens is 2. The maximum Gasteiger partial charge on any atom is 0.261 e. The van der Waals surface area contributed by atoms with Crippen molar-refractivity contribution in [3.63, 3.8) is 0 Å². The largest absolute Gasteiger partial charge is 0.335 e. The first kappa shape index (κ1) is 17.8. The lowest BCUT2D eigenvalue weighted by molar-refractivity contribution is 0.0664. The van der Waals surface area contributed by atoms with E-state index in [-0.39, 0.29) is 24.6 Å². The molecule has 1 aromatic carbocycles. The lowest BCUT2D eigenvalue weighted by Crippen LogP contribution is -2.38. The molecule has 3 heterocycles. The number of amides is 3. The number of benzene rings is 1. The quantitative estimate of drug-likeness (QED) is 0.729. The Kier molecular flexibility index (Phi) is 4.08. The van der Waals surface area contributed by atoms with Crippen LogP contribution in [0.2, 0.25) is 0 Å². The summed E-state index contributed by atoms with van der Waals surface area (Å²) < 4.78 is 15.1. The zero-order chi connectivity index (χ0) is 20.1. The Labute approximate surface area is 166 Å². The predicted molar refractivity (Wildman–Crippen MR) is 101 cm³/mol. The SMILES string of the molecule is O=C1c2ccccc2C(=O)N1CC(=CF)Cn1cc2c(n1)CCN(C1CC1)C2=O. The highest BCUT2D eigenvalue weighted by atomic mass is 19.1. The summed E-state index contributed by atoms with van der Waals surface area (Å²) in [5, 5.41) is 4.43. The van der Waals surface area contributed by atoms with Crippen molar-refractivity contribution in [2.45, 2.75) is 31.8 Å². The van der Waals surface area contributed by atoms with E-state index in [1.165, 1.54) is 4.68 Å². The monoisotopic (exact) mass is 394 g/mol. The van der Waals surface area contributed by atoms with Crippen molar-refractivity contribution in [2.75, 3.05) is 13.1 Å². The van der Waals surface area contributed by atoms with E-state index in [1.807, 2.05) is 4.90 Å². The smallest absolute Gasteiger partial charge is 0.261 e. The van der Waals surface area contributed by atoms with Gasteiger partial charge in [-0.2, -0.15) is 5.10 Å². The molecule has 3 amide bonds. The first-order valence-corrected chi connectivity index (χ1v) is 9.67. The molecule has 148 valence electrons. The minimum Gasteiger partial charge on any atom is -0.335 e. The molecule has 1 aromatic heterocycles. The molecule has 5 rings (SSSR count). The Morgan fingerprint density at radius 2 is 1.72 bits per heavy atom. The lowest BCUT2D eigenvalue weighted by atomic mass is 10.1. The third kappa shape index (κ3) is 2.95. The Morgan fingerprint density at radius 3 is 2.34 bits per heavy atom. The van der Waals surface area contributed by atoms with Crippen molar-refractivity contribution in [1.82, 2.24) is 19.6 Å². The molecule has 2 aliphatic heterocycles. The van der Waals surface area contributed by atoms with Crippen LogP contribution in [0.15, 0.2) is 42.4 Å². The van der Waals surface area contributed by atoms with Gasteiger partial charge in [-0.15, -0.1) is 0 Å². The number of carbonyl (C=O) groups excluding carboxylic acids is 3. The number of carbonyl (C=O) groups is 3. The van der Waals surface area contributed by atoms with Gasteiger partial charge in [-0.05, 0) is 30.5 Å². The van der Waals surface area contributed by atoms with Crippen LogP contribution in [0.5, 0.6) is 0 Å². The summed E-state index contributed by atoms with van der Waals surface area (Å²) in [6, 6.07) is 6.90. The second kappa shape index (κ2) is 6.65. The summed E-state index contributed by atoms with van der Waals surface area (Å²) >= 11 is 0. The van der Waals surface area contributed by atoms with E-state index in [2.05, 4.69) is 5.10 Å². The van der Waals surface area contributed by atoms with Crippen LogP contribution in [0.3, 0.4) is 0 Å². The first-order chi connectivity index (χ1) is 14.1. The lowest BCUT2D eigenvalue weighted by Gasteiger charge is -2.25. The van der Waals surface area contributed by atoms with E-state index in [1.54, 1.807) is 30.5 Å². The van der Waals surface area contributed by atoms with Crippen molar-refractivity contribution in [1.29, 1.82) is 0 Å². The standard InChI is InChI=1S/C21H19FN4O3/c22-9-13(11-26-19(27)15-3-1-2-4-16(15)20(26)28)10-24-12-17-18(23-24)7-8-25(21(17)29)14-5-6-14/h1-4,9,12,14H,5-8,10-11H2. The minimum absolute atomic E-state index is 0.0221. The van der Waals surface area contributed by atoms with Crippen LogP contribution < -0.4 is 0 Å². The summed E-state index contributed by atoms with van der Waals surface area (Å²) in [4.78, 5) is 40.6. The van der Waals surface area contributed by atoms with E-state index >= 15 is 0 Å². The fourth-order valence-electron chi connectivity index (χ4n) is 4.04. The van der Waals surface area contributed by atoms with Crippen molar-refractivity contribution in [2.24, 2.45) is 0 Å². The highest BCUT2D eigenvalue weighted by Crippen LogP contribution is 2.31. The van der Waals surface area contributed by atoms with Gasteiger partial charge in [-0.25, -0.2) is 4.39 Å². The van der Waals surface area contributed by atoms with Crippen LogP contribution >= 0.6 is 0 Å². The predicted octanol–water partition coefficient (Wildman–Crippen LogP) is 2.19. The molecule has 3 aliphatic rings. The molecule has 0 spiro atoms. The summed E-state index contributed by atoms with van der Waals surface area (Å²) in [5.41, 5.74) is 2.16. The zero-order valence-electron chi connectivity index (χ0n) is 15.7. The van der Waals surface area contributed by atoms with Crippen LogP contribution in [0, 0.1) is 0 Å². The maximum absolute atomic E-state index is 13.6.